The molecule has 6 rings (SSSR count). The molecule has 1 atom stereocenters. The smallest absolute Gasteiger partial charge is 0.276 e. The Balaban J connectivity index is 1.23. The largest absolute Gasteiger partial charge is 0.393 e. The van der Waals surface area contributed by atoms with Gasteiger partial charge in [0.25, 0.3) is 5.91 Å². The van der Waals surface area contributed by atoms with Gasteiger partial charge in [0.05, 0.1) is 17.7 Å². The lowest BCUT2D eigenvalue weighted by Gasteiger charge is -2.41. The van der Waals surface area contributed by atoms with Gasteiger partial charge in [0.2, 0.25) is 5.91 Å². The van der Waals surface area contributed by atoms with Gasteiger partial charge in [-0.3, -0.25) is 14.2 Å². The average Bonchev–Trinajstić information content (AvgIpc) is 3.51. The fraction of sp³-hybridized carbons (Fsp3) is 0.435. The summed E-state index contributed by atoms with van der Waals surface area (Å²) in [6, 6.07) is 8.15. The van der Waals surface area contributed by atoms with Gasteiger partial charge in [-0.25, -0.2) is 4.98 Å². The van der Waals surface area contributed by atoms with E-state index < -0.39 is 0 Å². The Morgan fingerprint density at radius 2 is 1.90 bits per heavy atom. The van der Waals surface area contributed by atoms with E-state index in [1.807, 2.05) is 27.7 Å². The van der Waals surface area contributed by atoms with E-state index in [-0.39, 0.29) is 42.1 Å². The number of nitrogens with zero attached hydrogens (tertiary/aromatic N) is 4. The summed E-state index contributed by atoms with van der Waals surface area (Å²) in [5.74, 6) is 0.540. The predicted octanol–water partition coefficient (Wildman–Crippen LogP) is 2.61. The molecule has 1 unspecified atom stereocenters. The van der Waals surface area contributed by atoms with Gasteiger partial charge in [-0.2, -0.15) is 0 Å². The fourth-order valence-electron chi connectivity index (χ4n) is 5.27. The molecule has 31 heavy (non-hydrogen) atoms. The van der Waals surface area contributed by atoms with Gasteiger partial charge in [0, 0.05) is 24.7 Å². The Morgan fingerprint density at radius 1 is 1.13 bits per heavy atom. The number of aliphatic hydroxyl groups excluding tert-OH is 1. The minimum absolute atomic E-state index is 0.0416. The third-order valence-electron chi connectivity index (χ3n) is 7.01. The van der Waals surface area contributed by atoms with Crippen molar-refractivity contribution < 1.29 is 14.7 Å². The van der Waals surface area contributed by atoms with Gasteiger partial charge in [0.1, 0.15) is 17.5 Å². The summed E-state index contributed by atoms with van der Waals surface area (Å²) in [6.45, 7) is 1.01. The Kier molecular flexibility index (Phi) is 4.27. The highest BCUT2D eigenvalue weighted by Crippen LogP contribution is 2.53. The van der Waals surface area contributed by atoms with Crippen LogP contribution in [0.25, 0.3) is 11.3 Å². The molecule has 0 bridgehead atoms. The van der Waals surface area contributed by atoms with Crippen LogP contribution in [-0.4, -0.2) is 68.1 Å². The molecule has 1 saturated carbocycles. The van der Waals surface area contributed by atoms with Crippen molar-refractivity contribution in [3.63, 3.8) is 0 Å². The van der Waals surface area contributed by atoms with Crippen LogP contribution < -0.4 is 0 Å². The number of aromatic nitrogens is 2. The second kappa shape index (κ2) is 6.93. The monoisotopic (exact) mass is 438 g/mol. The maximum Gasteiger partial charge on any atom is 0.276 e. The summed E-state index contributed by atoms with van der Waals surface area (Å²) in [7, 11) is 0. The van der Waals surface area contributed by atoms with Crippen molar-refractivity contribution >= 4 is 29.0 Å². The lowest BCUT2D eigenvalue weighted by Crippen LogP contribution is -2.56. The summed E-state index contributed by atoms with van der Waals surface area (Å²) in [5, 5.41) is 10.0. The molecule has 2 aliphatic heterocycles. The van der Waals surface area contributed by atoms with Crippen LogP contribution in [0, 0.1) is 0 Å². The molecule has 160 valence electrons. The normalized spacial score (nSPS) is 26.7. The first kappa shape index (κ1) is 19.1. The molecule has 1 aromatic carbocycles. The zero-order chi connectivity index (χ0) is 21.3. The molecule has 7 nitrogen and oxygen atoms in total. The highest BCUT2D eigenvalue weighted by atomic mass is 35.5. The van der Waals surface area contributed by atoms with Crippen molar-refractivity contribution in [3.05, 3.63) is 52.6 Å². The molecule has 2 aromatic rings. The molecule has 2 amide bonds. The Labute approximate surface area is 184 Å². The van der Waals surface area contributed by atoms with Crippen LogP contribution in [0.2, 0.25) is 5.15 Å². The molecule has 0 spiro atoms. The van der Waals surface area contributed by atoms with Crippen LogP contribution in [-0.2, 0) is 4.79 Å². The number of imidazole rings is 1. The lowest BCUT2D eigenvalue weighted by atomic mass is 9.91. The number of carbonyl (C=O) groups is 2. The standard InChI is InChI=1S/C23H23ClN4O3/c24-21-20(25-22-17-11-16(17)15-3-1-2-4-18(15)28(21)22)23(31)26-9-10-27(19(30)12-26)13-5-7-14(29)8-6-13/h1-4,11,13-14,17,29H,5-10,12H2. The molecule has 0 radical (unpaired) electrons. The SMILES string of the molecule is O=C(c1nc2n(c1Cl)-c1ccccc1C1=CC12)N1CCN(C2CCC(O)CC2)C(=O)C1. The van der Waals surface area contributed by atoms with E-state index in [1.54, 1.807) is 4.90 Å². The summed E-state index contributed by atoms with van der Waals surface area (Å²) in [4.78, 5) is 34.2. The molecular formula is C23H23ClN4O3. The van der Waals surface area contributed by atoms with Gasteiger partial charge in [-0.05, 0) is 37.3 Å². The van der Waals surface area contributed by atoms with Crippen LogP contribution in [0.15, 0.2) is 30.3 Å². The molecule has 2 fully saturated rings. The highest BCUT2D eigenvalue weighted by molar-refractivity contribution is 6.33. The van der Waals surface area contributed by atoms with Crippen LogP contribution in [0.3, 0.4) is 0 Å². The summed E-state index contributed by atoms with van der Waals surface area (Å²) >= 11 is 6.68. The Bertz CT molecular complexity index is 1130. The predicted molar refractivity (Wildman–Crippen MR) is 115 cm³/mol. The van der Waals surface area contributed by atoms with Gasteiger partial charge >= 0.3 is 0 Å². The Morgan fingerprint density at radius 3 is 2.68 bits per heavy atom. The number of benzene rings is 1. The summed E-state index contributed by atoms with van der Waals surface area (Å²) in [6.07, 6.45) is 4.97. The molecule has 1 saturated heterocycles. The van der Waals surface area contributed by atoms with Crippen molar-refractivity contribution in [2.45, 2.75) is 43.7 Å². The molecule has 3 heterocycles. The first-order chi connectivity index (χ1) is 15.0. The molecule has 8 heteroatoms. The lowest BCUT2D eigenvalue weighted by molar-refractivity contribution is -0.138. The number of aliphatic hydroxyl groups is 1. The van der Waals surface area contributed by atoms with E-state index in [0.717, 1.165) is 42.8 Å². The van der Waals surface area contributed by atoms with E-state index in [9.17, 15) is 14.7 Å². The van der Waals surface area contributed by atoms with Crippen molar-refractivity contribution in [2.75, 3.05) is 19.6 Å². The van der Waals surface area contributed by atoms with E-state index in [1.165, 1.54) is 5.57 Å². The summed E-state index contributed by atoms with van der Waals surface area (Å²) < 4.78 is 1.87. The van der Waals surface area contributed by atoms with E-state index in [0.29, 0.717) is 18.2 Å². The first-order valence-electron chi connectivity index (χ1n) is 10.9. The topological polar surface area (TPSA) is 78.7 Å². The quantitative estimate of drug-likeness (QED) is 0.781. The molecule has 2 aliphatic carbocycles. The Hall–Kier alpha value is -2.64. The number of fused-ring (bicyclic) bond motifs is 6. The molecule has 1 aromatic heterocycles. The number of allylic oxidation sites excluding steroid dienone is 2. The molecular weight excluding hydrogens is 416 g/mol. The van der Waals surface area contributed by atoms with Gasteiger partial charge in [-0.15, -0.1) is 0 Å². The van der Waals surface area contributed by atoms with Gasteiger partial charge < -0.3 is 14.9 Å². The molecule has 4 aliphatic rings. The zero-order valence-electron chi connectivity index (χ0n) is 17.0. The van der Waals surface area contributed by atoms with Crippen molar-refractivity contribution in [2.24, 2.45) is 0 Å². The fourth-order valence-corrected chi connectivity index (χ4v) is 5.57. The number of carbonyl (C=O) groups excluding carboxylic acids is 2. The van der Waals surface area contributed by atoms with Crippen molar-refractivity contribution in [1.82, 2.24) is 19.4 Å². The summed E-state index contributed by atoms with van der Waals surface area (Å²) in [5.41, 5.74) is 3.51. The number of hydrogen-bond donors (Lipinski definition) is 1. The van der Waals surface area contributed by atoms with Crippen LogP contribution in [0.4, 0.5) is 0 Å². The highest BCUT2D eigenvalue weighted by Gasteiger charge is 2.42. The maximum absolute atomic E-state index is 13.3. The van der Waals surface area contributed by atoms with Gasteiger partial charge in [0.15, 0.2) is 5.69 Å². The minimum atomic E-state index is -0.293. The van der Waals surface area contributed by atoms with E-state index in [4.69, 9.17) is 11.6 Å². The third-order valence-corrected chi connectivity index (χ3v) is 7.36. The van der Waals surface area contributed by atoms with Crippen molar-refractivity contribution in [3.8, 4) is 5.69 Å². The second-order valence-electron chi connectivity index (χ2n) is 8.84. The number of halogens is 1. The van der Waals surface area contributed by atoms with Gasteiger partial charge in [-0.1, -0.05) is 35.9 Å². The van der Waals surface area contributed by atoms with Crippen LogP contribution >= 0.6 is 11.6 Å². The van der Waals surface area contributed by atoms with Crippen LogP contribution in [0.5, 0.6) is 0 Å². The first-order valence-corrected chi connectivity index (χ1v) is 11.3. The second-order valence-corrected chi connectivity index (χ2v) is 9.20. The average molecular weight is 439 g/mol. The minimum Gasteiger partial charge on any atom is -0.393 e. The van der Waals surface area contributed by atoms with E-state index in [2.05, 4.69) is 17.1 Å². The number of amides is 2. The number of rotatable bonds is 2. The molecule has 1 N–H and O–H groups in total. The van der Waals surface area contributed by atoms with E-state index >= 15 is 0 Å². The number of hydrogen-bond acceptors (Lipinski definition) is 4. The maximum atomic E-state index is 13.3. The van der Waals surface area contributed by atoms with Crippen LogP contribution in [0.1, 0.15) is 53.5 Å². The number of para-hydroxylation sites is 1. The zero-order valence-corrected chi connectivity index (χ0v) is 17.8. The van der Waals surface area contributed by atoms with Crippen molar-refractivity contribution in [1.29, 1.82) is 0 Å². The number of piperazine rings is 1. The third kappa shape index (κ3) is 2.94.